The first kappa shape index (κ1) is 24.7. The van der Waals surface area contributed by atoms with Crippen LogP contribution in [0.5, 0.6) is 5.75 Å². The van der Waals surface area contributed by atoms with Crippen molar-refractivity contribution in [3.05, 3.63) is 59.2 Å². The zero-order chi connectivity index (χ0) is 23.1. The van der Waals surface area contributed by atoms with Crippen molar-refractivity contribution in [2.75, 3.05) is 13.7 Å². The van der Waals surface area contributed by atoms with Gasteiger partial charge in [0.25, 0.3) is 0 Å². The number of nitrogens with one attached hydrogen (secondary N) is 3. The van der Waals surface area contributed by atoms with Crippen molar-refractivity contribution < 1.29 is 13.2 Å². The van der Waals surface area contributed by atoms with Gasteiger partial charge in [-0.05, 0) is 57.9 Å². The van der Waals surface area contributed by atoms with Gasteiger partial charge in [-0.15, -0.1) is 0 Å². The van der Waals surface area contributed by atoms with Gasteiger partial charge in [0.1, 0.15) is 5.75 Å². The maximum absolute atomic E-state index is 12.8. The van der Waals surface area contributed by atoms with Gasteiger partial charge in [-0.25, -0.2) is 13.1 Å². The van der Waals surface area contributed by atoms with Gasteiger partial charge in [-0.3, -0.25) is 4.99 Å². The highest BCUT2D eigenvalue weighted by atomic mass is 32.2. The Morgan fingerprint density at radius 3 is 2.29 bits per heavy atom. The molecule has 2 aromatic rings. The van der Waals surface area contributed by atoms with Crippen molar-refractivity contribution in [3.63, 3.8) is 0 Å². The van der Waals surface area contributed by atoms with Crippen LogP contribution in [0.15, 0.2) is 52.4 Å². The molecule has 0 aliphatic carbocycles. The lowest BCUT2D eigenvalue weighted by Gasteiger charge is -2.22. The average Bonchev–Trinajstić information content (AvgIpc) is 2.68. The Balaban J connectivity index is 2.10. The van der Waals surface area contributed by atoms with E-state index in [1.54, 1.807) is 25.2 Å². The predicted molar refractivity (Wildman–Crippen MR) is 126 cm³/mol. The molecule has 0 bridgehead atoms. The summed E-state index contributed by atoms with van der Waals surface area (Å²) in [6, 6.07) is 13.0. The molecule has 0 aliphatic heterocycles. The zero-order valence-corrected chi connectivity index (χ0v) is 20.1. The highest BCUT2D eigenvalue weighted by Crippen LogP contribution is 2.20. The molecular weight excluding hydrogens is 412 g/mol. The number of rotatable bonds is 8. The molecule has 0 aromatic heterocycles. The third-order valence-electron chi connectivity index (χ3n) is 4.34. The Hall–Kier alpha value is -2.58. The van der Waals surface area contributed by atoms with Gasteiger partial charge in [0.2, 0.25) is 10.0 Å². The van der Waals surface area contributed by atoms with Gasteiger partial charge in [-0.1, -0.05) is 30.3 Å². The summed E-state index contributed by atoms with van der Waals surface area (Å²) in [6.07, 6.45) is 0. The molecule has 0 spiro atoms. The third-order valence-corrected chi connectivity index (χ3v) is 6.20. The normalized spacial score (nSPS) is 12.5. The molecule has 8 heteroatoms. The number of benzene rings is 2. The highest BCUT2D eigenvalue weighted by molar-refractivity contribution is 7.89. The monoisotopic (exact) mass is 446 g/mol. The summed E-state index contributed by atoms with van der Waals surface area (Å²) in [5, 5.41) is 6.46. The fourth-order valence-corrected chi connectivity index (χ4v) is 4.71. The van der Waals surface area contributed by atoms with Gasteiger partial charge in [0.15, 0.2) is 5.96 Å². The minimum absolute atomic E-state index is 0.255. The van der Waals surface area contributed by atoms with Crippen molar-refractivity contribution >= 4 is 16.0 Å². The molecule has 0 saturated heterocycles. The van der Waals surface area contributed by atoms with E-state index in [1.165, 1.54) is 0 Å². The summed E-state index contributed by atoms with van der Waals surface area (Å²) >= 11 is 0. The van der Waals surface area contributed by atoms with Gasteiger partial charge in [0, 0.05) is 31.2 Å². The molecule has 170 valence electrons. The lowest BCUT2D eigenvalue weighted by Crippen LogP contribution is -2.41. The van der Waals surface area contributed by atoms with Crippen molar-refractivity contribution in [2.24, 2.45) is 4.99 Å². The Labute approximate surface area is 186 Å². The molecule has 7 nitrogen and oxygen atoms in total. The van der Waals surface area contributed by atoms with Crippen LogP contribution in [0.1, 0.15) is 44.4 Å². The molecule has 2 rings (SSSR count). The van der Waals surface area contributed by atoms with Crippen LogP contribution in [0.25, 0.3) is 0 Å². The van der Waals surface area contributed by atoms with Gasteiger partial charge in [-0.2, -0.15) is 0 Å². The smallest absolute Gasteiger partial charge is 0.241 e. The highest BCUT2D eigenvalue weighted by Gasteiger charge is 2.24. The Bertz CT molecular complexity index is 1010. The minimum Gasteiger partial charge on any atom is -0.494 e. The van der Waals surface area contributed by atoms with Crippen molar-refractivity contribution in [1.29, 1.82) is 0 Å². The lowest BCUT2D eigenvalue weighted by atomic mass is 10.1. The van der Waals surface area contributed by atoms with Crippen LogP contribution in [0.4, 0.5) is 0 Å². The largest absolute Gasteiger partial charge is 0.494 e. The van der Waals surface area contributed by atoms with Crippen molar-refractivity contribution in [2.45, 2.75) is 58.1 Å². The Morgan fingerprint density at radius 2 is 1.68 bits per heavy atom. The molecule has 0 atom stereocenters. The predicted octanol–water partition coefficient (Wildman–Crippen LogP) is 3.34. The summed E-state index contributed by atoms with van der Waals surface area (Å²) < 4.78 is 34.1. The molecule has 0 aliphatic rings. The number of sulfonamides is 1. The second-order valence-electron chi connectivity index (χ2n) is 8.29. The second-order valence-corrected chi connectivity index (χ2v) is 9.94. The summed E-state index contributed by atoms with van der Waals surface area (Å²) in [7, 11) is -1.96. The number of hydrogen-bond acceptors (Lipinski definition) is 4. The van der Waals surface area contributed by atoms with Crippen LogP contribution in [0.3, 0.4) is 0 Å². The third kappa shape index (κ3) is 7.56. The van der Waals surface area contributed by atoms with E-state index in [1.807, 2.05) is 58.9 Å². The summed E-state index contributed by atoms with van der Waals surface area (Å²) in [5.74, 6) is 1.41. The number of guanidine groups is 1. The van der Waals surface area contributed by atoms with Gasteiger partial charge < -0.3 is 15.4 Å². The van der Waals surface area contributed by atoms with E-state index in [4.69, 9.17) is 4.74 Å². The molecule has 0 heterocycles. The van der Waals surface area contributed by atoms with Gasteiger partial charge in [0.05, 0.1) is 11.5 Å². The summed E-state index contributed by atoms with van der Waals surface area (Å²) in [4.78, 5) is 4.51. The van der Waals surface area contributed by atoms with Crippen LogP contribution in [0, 0.1) is 6.92 Å². The molecule has 0 amide bonds. The molecule has 0 fully saturated rings. The van der Waals surface area contributed by atoms with Crippen LogP contribution >= 0.6 is 0 Å². The van der Waals surface area contributed by atoms with Crippen molar-refractivity contribution in [3.8, 4) is 5.75 Å². The standard InChI is InChI=1S/C23H34N4O3S/c1-7-30-20-14-17(2)12-13-18(20)15-25-22(24-6)26-16-19-10-8-9-11-21(19)31(28,29)27-23(3,4)5/h8-14,27H,7,15-16H2,1-6H3,(H2,24,25,26). The van der Waals surface area contributed by atoms with Crippen LogP contribution in [0.2, 0.25) is 0 Å². The molecule has 31 heavy (non-hydrogen) atoms. The first-order chi connectivity index (χ1) is 14.6. The maximum Gasteiger partial charge on any atom is 0.241 e. The lowest BCUT2D eigenvalue weighted by molar-refractivity contribution is 0.336. The van der Waals surface area contributed by atoms with E-state index < -0.39 is 15.6 Å². The van der Waals surface area contributed by atoms with Crippen LogP contribution in [-0.4, -0.2) is 33.6 Å². The van der Waals surface area contributed by atoms with E-state index in [2.05, 4.69) is 20.3 Å². The zero-order valence-electron chi connectivity index (χ0n) is 19.2. The molecule has 0 saturated carbocycles. The molecule has 2 aromatic carbocycles. The van der Waals surface area contributed by atoms with Gasteiger partial charge >= 0.3 is 0 Å². The van der Waals surface area contributed by atoms with E-state index in [9.17, 15) is 8.42 Å². The molecule has 0 unspecified atom stereocenters. The van der Waals surface area contributed by atoms with Crippen molar-refractivity contribution in [1.82, 2.24) is 15.4 Å². The van der Waals surface area contributed by atoms with Crippen LogP contribution in [-0.2, 0) is 23.1 Å². The number of ether oxygens (including phenoxy) is 1. The first-order valence-corrected chi connectivity index (χ1v) is 11.8. The van der Waals surface area contributed by atoms with E-state index >= 15 is 0 Å². The molecular formula is C23H34N4O3S. The maximum atomic E-state index is 12.8. The fraction of sp³-hybridized carbons (Fsp3) is 0.435. The first-order valence-electron chi connectivity index (χ1n) is 10.3. The topological polar surface area (TPSA) is 91.8 Å². The number of aliphatic imine (C=N–C) groups is 1. The quantitative estimate of drug-likeness (QED) is 0.427. The molecule has 0 radical (unpaired) electrons. The Kier molecular flexibility index (Phi) is 8.47. The summed E-state index contributed by atoms with van der Waals surface area (Å²) in [5.41, 5.74) is 2.25. The molecule has 3 N–H and O–H groups in total. The summed E-state index contributed by atoms with van der Waals surface area (Å²) in [6.45, 7) is 10.9. The fourth-order valence-electron chi connectivity index (χ4n) is 3.05. The number of aryl methyl sites for hydroxylation is 1. The minimum atomic E-state index is -3.64. The van der Waals surface area contributed by atoms with E-state index in [0.29, 0.717) is 31.2 Å². The second kappa shape index (κ2) is 10.6. The van der Waals surface area contributed by atoms with Crippen LogP contribution < -0.4 is 20.1 Å². The van der Waals surface area contributed by atoms with E-state index in [-0.39, 0.29) is 4.90 Å². The van der Waals surface area contributed by atoms with E-state index in [0.717, 1.165) is 16.9 Å². The average molecular weight is 447 g/mol. The number of nitrogens with zero attached hydrogens (tertiary/aromatic N) is 1. The number of hydrogen-bond donors (Lipinski definition) is 3. The Morgan fingerprint density at radius 1 is 1.03 bits per heavy atom. The SMILES string of the molecule is CCOc1cc(C)ccc1CNC(=NC)NCc1ccccc1S(=O)(=O)NC(C)(C)C.